The van der Waals surface area contributed by atoms with Gasteiger partial charge in [0.05, 0.1) is 0 Å². The molecule has 0 unspecified atom stereocenters. The van der Waals surface area contributed by atoms with Gasteiger partial charge in [0.2, 0.25) is 0 Å². The smallest absolute Gasteiger partial charge is 0.312 e. The predicted octanol–water partition coefficient (Wildman–Crippen LogP) is 2.94. The summed E-state index contributed by atoms with van der Waals surface area (Å²) in [6.07, 6.45) is 0. The Bertz CT molecular complexity index is 183. The Morgan fingerprint density at radius 3 is 1.06 bits per heavy atom. The van der Waals surface area contributed by atoms with Crippen molar-refractivity contribution in [3.63, 3.8) is 0 Å². The van der Waals surface area contributed by atoms with Gasteiger partial charge in [-0.2, -0.15) is 0 Å². The van der Waals surface area contributed by atoms with Crippen LogP contribution in [0.5, 0.6) is 0 Å². The van der Waals surface area contributed by atoms with Crippen molar-refractivity contribution in [1.29, 1.82) is 0 Å². The number of hydrogen-bond acceptors (Lipinski definition) is 3. The summed E-state index contributed by atoms with van der Waals surface area (Å²) in [5, 5.41) is 0. The summed E-state index contributed by atoms with van der Waals surface area (Å²) >= 11 is 0. The molecule has 0 aromatic rings. The van der Waals surface area contributed by atoms with E-state index in [1.165, 1.54) is 0 Å². The zero-order chi connectivity index (χ0) is 12.3. The van der Waals surface area contributed by atoms with E-state index < -0.39 is 35.2 Å². The van der Waals surface area contributed by atoms with Gasteiger partial charge < -0.3 is 12.3 Å². The maximum atomic E-state index is 6.13. The van der Waals surface area contributed by atoms with E-state index in [2.05, 4.69) is 52.4 Å². The van der Waals surface area contributed by atoms with Gasteiger partial charge >= 0.3 is 17.1 Å². The van der Waals surface area contributed by atoms with Crippen molar-refractivity contribution in [2.45, 2.75) is 52.4 Å². The zero-order valence-corrected chi connectivity index (χ0v) is 24.6. The molecule has 2 radical (unpaired) electrons. The Morgan fingerprint density at radius 1 is 0.647 bits per heavy atom. The molecule has 0 amide bonds. The fraction of sp³-hybridized carbons (Fsp3) is 1.00. The first-order chi connectivity index (χ1) is 6.54. The summed E-state index contributed by atoms with van der Waals surface area (Å²) in [7, 11) is -5.30. The first kappa shape index (κ1) is 24.8. The summed E-state index contributed by atoms with van der Waals surface area (Å²) < 4.78 is 18.0. The van der Waals surface area contributed by atoms with E-state index in [9.17, 15) is 0 Å². The molecule has 0 aromatic heterocycles. The minimum absolute atomic E-state index is 0. The van der Waals surface area contributed by atoms with Crippen LogP contribution in [-0.4, -0.2) is 35.2 Å². The quantitative estimate of drug-likeness (QED) is 0.391. The standard InChI is InChI=1S/C8H24O3Si4.2U/c1-12(2)9-14(5,6)11-15(7,8)10-13(3)4;;/h1-8H3;;. The van der Waals surface area contributed by atoms with Gasteiger partial charge in [0.1, 0.15) is 0 Å². The van der Waals surface area contributed by atoms with Crippen molar-refractivity contribution in [2.75, 3.05) is 0 Å². The molecule has 0 N–H and O–H groups in total. The maximum Gasteiger partial charge on any atom is 0.312 e. The van der Waals surface area contributed by atoms with Gasteiger partial charge in [-0.25, -0.2) is 0 Å². The van der Waals surface area contributed by atoms with Crippen molar-refractivity contribution in [3.8, 4) is 0 Å². The fourth-order valence-corrected chi connectivity index (χ4v) is 15.3. The third-order valence-corrected chi connectivity index (χ3v) is 12.5. The first-order valence-corrected chi connectivity index (χ1v) is 15.7. The zero-order valence-electron chi connectivity index (χ0n) is 12.2. The largest absolute Gasteiger partial charge is 0.437 e. The topological polar surface area (TPSA) is 27.7 Å². The van der Waals surface area contributed by atoms with Crippen LogP contribution in [0.1, 0.15) is 0 Å². The van der Waals surface area contributed by atoms with Crippen LogP contribution in [0, 0.1) is 62.2 Å². The first-order valence-electron chi connectivity index (χ1n) is 5.22. The molecule has 0 saturated carbocycles. The molecule has 98 valence electrons. The van der Waals surface area contributed by atoms with E-state index in [4.69, 9.17) is 12.3 Å². The van der Waals surface area contributed by atoms with Gasteiger partial charge in [-0.3, -0.25) is 0 Å². The summed E-state index contributed by atoms with van der Waals surface area (Å²) in [6.45, 7) is 17.0. The van der Waals surface area contributed by atoms with E-state index >= 15 is 0 Å². The van der Waals surface area contributed by atoms with Gasteiger partial charge in [-0.15, -0.1) is 0 Å². The molecular weight excluding hydrogens is 732 g/mol. The van der Waals surface area contributed by atoms with Crippen molar-refractivity contribution in [2.24, 2.45) is 0 Å². The van der Waals surface area contributed by atoms with Crippen molar-refractivity contribution in [1.82, 2.24) is 0 Å². The second-order valence-electron chi connectivity index (χ2n) is 4.92. The second-order valence-corrected chi connectivity index (χ2v) is 16.6. The van der Waals surface area contributed by atoms with Crippen LogP contribution in [0.4, 0.5) is 0 Å². The van der Waals surface area contributed by atoms with E-state index in [0.717, 1.165) is 0 Å². The van der Waals surface area contributed by atoms with Crippen LogP contribution >= 0.6 is 0 Å². The van der Waals surface area contributed by atoms with Crippen LogP contribution < -0.4 is 0 Å². The molecule has 3 nitrogen and oxygen atoms in total. The molecule has 0 fully saturated rings. The predicted molar refractivity (Wildman–Crippen MR) is 73.2 cm³/mol. The van der Waals surface area contributed by atoms with E-state index in [0.29, 0.717) is 0 Å². The molecule has 0 aliphatic rings. The van der Waals surface area contributed by atoms with E-state index in [-0.39, 0.29) is 62.2 Å². The van der Waals surface area contributed by atoms with Crippen LogP contribution in [0.2, 0.25) is 52.4 Å². The summed E-state index contributed by atoms with van der Waals surface area (Å²) in [6, 6.07) is 0. The summed E-state index contributed by atoms with van der Waals surface area (Å²) in [4.78, 5) is 0. The third kappa shape index (κ3) is 15.1. The number of rotatable bonds is 6. The van der Waals surface area contributed by atoms with Crippen LogP contribution in [0.25, 0.3) is 0 Å². The Labute approximate surface area is 160 Å². The number of hydrogen-bond donors (Lipinski definition) is 0. The minimum atomic E-state index is -1.97. The molecule has 0 saturated heterocycles. The molecular formula is C8H24O3Si4U2. The Hall–Kier alpha value is 2.85. The van der Waals surface area contributed by atoms with E-state index in [1.807, 2.05) is 0 Å². The maximum absolute atomic E-state index is 6.13. The average Bonchev–Trinajstić information content (AvgIpc) is 1.73. The molecule has 0 rings (SSSR count). The fourth-order valence-electron chi connectivity index (χ4n) is 1.62. The molecule has 0 heterocycles. The van der Waals surface area contributed by atoms with Crippen molar-refractivity contribution >= 4 is 35.2 Å². The molecule has 0 atom stereocenters. The van der Waals surface area contributed by atoms with Crippen LogP contribution in [0.15, 0.2) is 0 Å². The molecule has 0 aromatic carbocycles. The summed E-state index contributed by atoms with van der Waals surface area (Å²) in [5.74, 6) is 0. The van der Waals surface area contributed by atoms with Crippen LogP contribution in [0.3, 0.4) is 0 Å². The van der Waals surface area contributed by atoms with Crippen molar-refractivity contribution in [3.05, 3.63) is 0 Å². The van der Waals surface area contributed by atoms with Gasteiger partial charge in [0, 0.05) is 62.2 Å². The Balaban J connectivity index is -0.000000980. The average molecular weight is 757 g/mol. The Kier molecular flexibility index (Phi) is 15.4. The SMILES string of the molecule is C[Si](C)O[Si](C)(C)O[Si](C)(C)O[Si](C)C.[U].[U]. The van der Waals surface area contributed by atoms with Gasteiger partial charge in [-0.1, -0.05) is 0 Å². The van der Waals surface area contributed by atoms with Crippen molar-refractivity contribution < 1.29 is 74.6 Å². The molecule has 17 heavy (non-hydrogen) atoms. The normalized spacial score (nSPS) is 12.4. The van der Waals surface area contributed by atoms with Gasteiger partial charge in [-0.05, 0) is 52.4 Å². The molecule has 0 bridgehead atoms. The third-order valence-electron chi connectivity index (χ3n) is 1.39. The van der Waals surface area contributed by atoms with Gasteiger partial charge in [0.25, 0.3) is 0 Å². The second kappa shape index (κ2) is 10.6. The Morgan fingerprint density at radius 2 is 0.882 bits per heavy atom. The molecule has 0 aliphatic carbocycles. The minimum Gasteiger partial charge on any atom is -0.437 e. The van der Waals surface area contributed by atoms with E-state index in [1.54, 1.807) is 0 Å². The van der Waals surface area contributed by atoms with Gasteiger partial charge in [0.15, 0.2) is 18.1 Å². The molecule has 9 heteroatoms. The van der Waals surface area contributed by atoms with Crippen LogP contribution in [-0.2, 0) is 12.3 Å². The summed E-state index contributed by atoms with van der Waals surface area (Å²) in [5.41, 5.74) is 0. The molecule has 0 aliphatic heterocycles. The monoisotopic (exact) mass is 756 g/mol. The molecule has 0 spiro atoms.